The van der Waals surface area contributed by atoms with Crippen molar-refractivity contribution >= 4 is 43.4 Å². The Morgan fingerprint density at radius 2 is 2.11 bits per heavy atom. The third-order valence-electron chi connectivity index (χ3n) is 4.62. The molecular formula is C18H22BrN3O3S2. The highest BCUT2D eigenvalue weighted by atomic mass is 79.9. The fourth-order valence-electron chi connectivity index (χ4n) is 3.21. The van der Waals surface area contributed by atoms with Crippen LogP contribution in [0.5, 0.6) is 0 Å². The van der Waals surface area contributed by atoms with Crippen molar-refractivity contribution in [3.05, 3.63) is 34.9 Å². The van der Waals surface area contributed by atoms with Gasteiger partial charge in [-0.2, -0.15) is 0 Å². The first kappa shape index (κ1) is 20.4. The molecule has 1 aromatic heterocycles. The molecule has 2 aromatic rings. The van der Waals surface area contributed by atoms with E-state index in [1.165, 1.54) is 11.8 Å². The first-order valence-electron chi connectivity index (χ1n) is 8.77. The normalized spacial score (nSPS) is 19.7. The van der Waals surface area contributed by atoms with Crippen molar-refractivity contribution < 1.29 is 13.2 Å². The SMILES string of the molecule is CCN(C(=O)C(C)Sc1ncc(-c2ccc(Br)cc2)[nH]1)C1CCS(=O)(=O)C1. The van der Waals surface area contributed by atoms with Gasteiger partial charge in [-0.15, -0.1) is 0 Å². The van der Waals surface area contributed by atoms with E-state index in [4.69, 9.17) is 0 Å². The number of nitrogens with one attached hydrogen (secondary N) is 1. The maximum Gasteiger partial charge on any atom is 0.236 e. The van der Waals surface area contributed by atoms with Gasteiger partial charge in [0.1, 0.15) is 0 Å². The molecule has 0 spiro atoms. The van der Waals surface area contributed by atoms with Crippen molar-refractivity contribution in [2.75, 3.05) is 18.1 Å². The van der Waals surface area contributed by atoms with E-state index in [0.29, 0.717) is 18.1 Å². The molecule has 1 fully saturated rings. The zero-order valence-electron chi connectivity index (χ0n) is 15.2. The molecule has 1 saturated heterocycles. The summed E-state index contributed by atoms with van der Waals surface area (Å²) in [6.45, 7) is 4.23. The number of rotatable bonds is 6. The number of nitrogens with zero attached hydrogens (tertiary/aromatic N) is 2. The molecule has 2 heterocycles. The lowest BCUT2D eigenvalue weighted by atomic mass is 10.2. The lowest BCUT2D eigenvalue weighted by Crippen LogP contribution is -2.44. The van der Waals surface area contributed by atoms with Crippen molar-refractivity contribution in [1.82, 2.24) is 14.9 Å². The summed E-state index contributed by atoms with van der Waals surface area (Å²) < 4.78 is 24.5. The molecule has 1 aliphatic rings. The summed E-state index contributed by atoms with van der Waals surface area (Å²) in [5, 5.41) is 0.320. The second kappa shape index (κ2) is 8.36. The fourth-order valence-corrected chi connectivity index (χ4v) is 6.05. The number of benzene rings is 1. The Labute approximate surface area is 172 Å². The summed E-state index contributed by atoms with van der Waals surface area (Å²) in [7, 11) is -3.02. The van der Waals surface area contributed by atoms with Crippen molar-refractivity contribution in [1.29, 1.82) is 0 Å². The Balaban J connectivity index is 1.66. The van der Waals surface area contributed by atoms with Gasteiger partial charge in [-0.25, -0.2) is 13.4 Å². The molecule has 1 aromatic carbocycles. The van der Waals surface area contributed by atoms with Crippen LogP contribution in [-0.2, 0) is 14.6 Å². The molecule has 0 radical (unpaired) electrons. The first-order valence-corrected chi connectivity index (χ1v) is 12.3. The van der Waals surface area contributed by atoms with E-state index < -0.39 is 9.84 Å². The van der Waals surface area contributed by atoms with E-state index >= 15 is 0 Å². The zero-order valence-corrected chi connectivity index (χ0v) is 18.4. The standard InChI is InChI=1S/C18H22BrN3O3S2/c1-3-22(15-8-9-27(24,25)11-15)17(23)12(2)26-18-20-10-16(21-18)13-4-6-14(19)7-5-13/h4-7,10,12,15H,3,8-9,11H2,1-2H3,(H,20,21). The van der Waals surface area contributed by atoms with Crippen LogP contribution in [-0.4, -0.2) is 58.5 Å². The Hall–Kier alpha value is -1.32. The minimum Gasteiger partial charge on any atom is -0.338 e. The number of aromatic nitrogens is 2. The maximum absolute atomic E-state index is 12.9. The summed E-state index contributed by atoms with van der Waals surface area (Å²) in [6.07, 6.45) is 2.28. The molecule has 0 bridgehead atoms. The van der Waals surface area contributed by atoms with Crippen LogP contribution in [0.3, 0.4) is 0 Å². The predicted molar refractivity (Wildman–Crippen MR) is 111 cm³/mol. The topological polar surface area (TPSA) is 83.1 Å². The van der Waals surface area contributed by atoms with Crippen LogP contribution < -0.4 is 0 Å². The Morgan fingerprint density at radius 3 is 2.70 bits per heavy atom. The highest BCUT2D eigenvalue weighted by Crippen LogP contribution is 2.27. The summed E-state index contributed by atoms with van der Waals surface area (Å²) in [4.78, 5) is 22.2. The lowest BCUT2D eigenvalue weighted by molar-refractivity contribution is -0.131. The third kappa shape index (κ3) is 4.94. The number of carbonyl (C=O) groups is 1. The highest BCUT2D eigenvalue weighted by molar-refractivity contribution is 9.10. The number of sulfone groups is 1. The molecule has 6 nitrogen and oxygen atoms in total. The van der Waals surface area contributed by atoms with Gasteiger partial charge in [-0.3, -0.25) is 4.79 Å². The smallest absolute Gasteiger partial charge is 0.236 e. The lowest BCUT2D eigenvalue weighted by Gasteiger charge is -2.29. The van der Waals surface area contributed by atoms with Crippen LogP contribution in [0.2, 0.25) is 0 Å². The maximum atomic E-state index is 12.9. The van der Waals surface area contributed by atoms with Crippen LogP contribution in [0.25, 0.3) is 11.3 Å². The van der Waals surface area contributed by atoms with E-state index in [-0.39, 0.29) is 28.7 Å². The first-order chi connectivity index (χ1) is 12.8. The molecule has 146 valence electrons. The van der Waals surface area contributed by atoms with Gasteiger partial charge in [0.05, 0.1) is 28.6 Å². The number of H-pyrrole nitrogens is 1. The number of carbonyl (C=O) groups excluding carboxylic acids is 1. The van der Waals surface area contributed by atoms with E-state index in [0.717, 1.165) is 15.7 Å². The largest absolute Gasteiger partial charge is 0.338 e. The number of amides is 1. The van der Waals surface area contributed by atoms with Gasteiger partial charge in [0.25, 0.3) is 0 Å². The van der Waals surface area contributed by atoms with Gasteiger partial charge in [-0.05, 0) is 38.0 Å². The summed E-state index contributed by atoms with van der Waals surface area (Å²) in [5.74, 6) is 0.182. The minimum atomic E-state index is -3.02. The number of hydrogen-bond acceptors (Lipinski definition) is 5. The van der Waals surface area contributed by atoms with E-state index in [1.807, 2.05) is 38.1 Å². The van der Waals surface area contributed by atoms with Gasteiger partial charge >= 0.3 is 0 Å². The van der Waals surface area contributed by atoms with Gasteiger partial charge in [0, 0.05) is 17.1 Å². The molecule has 2 unspecified atom stereocenters. The van der Waals surface area contributed by atoms with E-state index in [1.54, 1.807) is 11.1 Å². The van der Waals surface area contributed by atoms with Gasteiger partial charge in [0.15, 0.2) is 15.0 Å². The van der Waals surface area contributed by atoms with Crippen LogP contribution in [0.4, 0.5) is 0 Å². The summed E-state index contributed by atoms with van der Waals surface area (Å²) in [5.41, 5.74) is 1.90. The molecule has 0 aliphatic carbocycles. The van der Waals surface area contributed by atoms with Crippen LogP contribution in [0, 0.1) is 0 Å². The Morgan fingerprint density at radius 1 is 1.41 bits per heavy atom. The molecule has 2 atom stereocenters. The van der Waals surface area contributed by atoms with Gasteiger partial charge in [0.2, 0.25) is 5.91 Å². The molecule has 0 saturated carbocycles. The summed E-state index contributed by atoms with van der Waals surface area (Å²) >= 11 is 4.77. The number of aromatic amines is 1. The monoisotopic (exact) mass is 471 g/mol. The van der Waals surface area contributed by atoms with Crippen molar-refractivity contribution in [2.24, 2.45) is 0 Å². The van der Waals surface area contributed by atoms with Gasteiger partial charge in [-0.1, -0.05) is 39.8 Å². The Bertz CT molecular complexity index is 912. The van der Waals surface area contributed by atoms with Crippen molar-refractivity contribution in [2.45, 2.75) is 36.7 Å². The Kier molecular flexibility index (Phi) is 6.32. The average Bonchev–Trinajstić information content (AvgIpc) is 3.22. The third-order valence-corrected chi connectivity index (χ3v) is 7.88. The molecular weight excluding hydrogens is 450 g/mol. The average molecular weight is 472 g/mol. The molecule has 3 rings (SSSR count). The number of imidazole rings is 1. The second-order valence-corrected chi connectivity index (χ2v) is 11.0. The summed E-state index contributed by atoms with van der Waals surface area (Å²) in [6, 6.07) is 7.68. The van der Waals surface area contributed by atoms with E-state index in [2.05, 4.69) is 25.9 Å². The molecule has 1 N–H and O–H groups in total. The fraction of sp³-hybridized carbons (Fsp3) is 0.444. The van der Waals surface area contributed by atoms with Crippen molar-refractivity contribution in [3.63, 3.8) is 0 Å². The molecule has 27 heavy (non-hydrogen) atoms. The number of thioether (sulfide) groups is 1. The van der Waals surface area contributed by atoms with Gasteiger partial charge < -0.3 is 9.88 Å². The van der Waals surface area contributed by atoms with E-state index in [9.17, 15) is 13.2 Å². The molecule has 9 heteroatoms. The predicted octanol–water partition coefficient (Wildman–Crippen LogP) is 3.36. The van der Waals surface area contributed by atoms with Crippen LogP contribution >= 0.6 is 27.7 Å². The molecule has 1 aliphatic heterocycles. The zero-order chi connectivity index (χ0) is 19.6. The van der Waals surface area contributed by atoms with Crippen LogP contribution in [0.15, 0.2) is 40.1 Å². The van der Waals surface area contributed by atoms with Crippen molar-refractivity contribution in [3.8, 4) is 11.3 Å². The second-order valence-electron chi connectivity index (χ2n) is 6.55. The number of halogens is 1. The molecule has 1 amide bonds. The highest BCUT2D eigenvalue weighted by Gasteiger charge is 2.35. The number of hydrogen-bond donors (Lipinski definition) is 1. The minimum absolute atomic E-state index is 0.0498. The quantitative estimate of drug-likeness (QED) is 0.652. The van der Waals surface area contributed by atoms with Crippen LogP contribution in [0.1, 0.15) is 20.3 Å².